The fourth-order valence-corrected chi connectivity index (χ4v) is 2.78. The third-order valence-corrected chi connectivity index (χ3v) is 4.29. The summed E-state index contributed by atoms with van der Waals surface area (Å²) in [5, 5.41) is 3.63. The van der Waals surface area contributed by atoms with Crippen molar-refractivity contribution < 1.29 is 4.79 Å². The largest absolute Gasteiger partial charge is 0.382 e. The zero-order valence-electron chi connectivity index (χ0n) is 13.6. The molecule has 1 heterocycles. The second-order valence-electron chi connectivity index (χ2n) is 6.08. The lowest BCUT2D eigenvalue weighted by atomic mass is 10.0. The van der Waals surface area contributed by atoms with Crippen molar-refractivity contribution in [2.24, 2.45) is 0 Å². The Morgan fingerprint density at radius 3 is 2.57 bits per heavy atom. The maximum absolute atomic E-state index is 12.1. The summed E-state index contributed by atoms with van der Waals surface area (Å²) >= 11 is 0. The van der Waals surface area contributed by atoms with E-state index >= 15 is 0 Å². The minimum Gasteiger partial charge on any atom is -0.382 e. The summed E-state index contributed by atoms with van der Waals surface area (Å²) in [5.41, 5.74) is 3.04. The Labute approximate surface area is 128 Å². The van der Waals surface area contributed by atoms with Gasteiger partial charge in [0.15, 0.2) is 0 Å². The number of hydrogen-bond acceptors (Lipinski definition) is 3. The molecule has 4 heteroatoms. The predicted molar refractivity (Wildman–Crippen MR) is 88.0 cm³/mol. The summed E-state index contributed by atoms with van der Waals surface area (Å²) in [7, 11) is 3.57. The molecule has 1 fully saturated rings. The molecule has 1 N–H and O–H groups in total. The van der Waals surface area contributed by atoms with Crippen LogP contribution in [0.1, 0.15) is 35.7 Å². The third kappa shape index (κ3) is 3.97. The topological polar surface area (TPSA) is 35.6 Å². The van der Waals surface area contributed by atoms with Gasteiger partial charge >= 0.3 is 0 Å². The van der Waals surface area contributed by atoms with E-state index in [2.05, 4.69) is 24.1 Å². The van der Waals surface area contributed by atoms with Gasteiger partial charge in [0.25, 0.3) is 5.91 Å². The first-order valence-electron chi connectivity index (χ1n) is 7.82. The van der Waals surface area contributed by atoms with Crippen LogP contribution in [0.2, 0.25) is 0 Å². The quantitative estimate of drug-likeness (QED) is 0.925. The van der Waals surface area contributed by atoms with Crippen molar-refractivity contribution in [3.05, 3.63) is 29.3 Å². The molecule has 1 aliphatic rings. The molecular formula is C17H27N3O. The zero-order valence-corrected chi connectivity index (χ0v) is 13.6. The van der Waals surface area contributed by atoms with Crippen molar-refractivity contribution >= 4 is 11.6 Å². The second-order valence-corrected chi connectivity index (χ2v) is 6.08. The number of carbonyl (C=O) groups is 1. The molecule has 0 aromatic heterocycles. The highest BCUT2D eigenvalue weighted by Gasteiger charge is 2.19. The average molecular weight is 289 g/mol. The number of aryl methyl sites for hydroxylation is 1. The molecule has 116 valence electrons. The van der Waals surface area contributed by atoms with Crippen LogP contribution in [-0.2, 0) is 0 Å². The molecule has 0 aliphatic carbocycles. The van der Waals surface area contributed by atoms with Gasteiger partial charge in [-0.25, -0.2) is 0 Å². The van der Waals surface area contributed by atoms with E-state index in [0.29, 0.717) is 6.04 Å². The first-order chi connectivity index (χ1) is 10.0. The first-order valence-corrected chi connectivity index (χ1v) is 7.82. The van der Waals surface area contributed by atoms with Crippen LogP contribution in [0.3, 0.4) is 0 Å². The van der Waals surface area contributed by atoms with E-state index < -0.39 is 0 Å². The highest BCUT2D eigenvalue weighted by molar-refractivity contribution is 5.95. The average Bonchev–Trinajstić information content (AvgIpc) is 2.49. The molecule has 1 amide bonds. The van der Waals surface area contributed by atoms with E-state index in [4.69, 9.17) is 0 Å². The number of likely N-dealkylation sites (tertiary alicyclic amines) is 1. The molecule has 1 saturated heterocycles. The lowest BCUT2D eigenvalue weighted by molar-refractivity contribution is 0.0827. The second kappa shape index (κ2) is 6.94. The van der Waals surface area contributed by atoms with E-state index in [1.54, 1.807) is 19.0 Å². The van der Waals surface area contributed by atoms with Crippen molar-refractivity contribution in [1.29, 1.82) is 0 Å². The standard InChI is InChI=1S/C17H27N3O/c1-5-20-10-8-15(9-11-20)18-16-12-14(7-6-13(16)2)17(21)19(3)4/h6-7,12,15,18H,5,8-11H2,1-4H3. The van der Waals surface area contributed by atoms with Crippen molar-refractivity contribution in [2.75, 3.05) is 39.0 Å². The summed E-state index contributed by atoms with van der Waals surface area (Å²) in [6.07, 6.45) is 2.33. The lowest BCUT2D eigenvalue weighted by Gasteiger charge is -2.32. The fourth-order valence-electron chi connectivity index (χ4n) is 2.78. The number of anilines is 1. The summed E-state index contributed by atoms with van der Waals surface area (Å²) in [6, 6.07) is 6.43. The molecule has 21 heavy (non-hydrogen) atoms. The van der Waals surface area contributed by atoms with E-state index in [-0.39, 0.29) is 5.91 Å². The fraction of sp³-hybridized carbons (Fsp3) is 0.588. The van der Waals surface area contributed by atoms with Gasteiger partial charge in [-0.1, -0.05) is 13.0 Å². The Bertz CT molecular complexity index is 491. The Morgan fingerprint density at radius 1 is 1.33 bits per heavy atom. The molecule has 0 unspecified atom stereocenters. The zero-order chi connectivity index (χ0) is 15.4. The van der Waals surface area contributed by atoms with Crippen LogP contribution in [0.5, 0.6) is 0 Å². The molecule has 1 aliphatic heterocycles. The smallest absolute Gasteiger partial charge is 0.253 e. The van der Waals surface area contributed by atoms with Gasteiger partial charge in [0.1, 0.15) is 0 Å². The SMILES string of the molecule is CCN1CCC(Nc2cc(C(=O)N(C)C)ccc2C)CC1. The third-order valence-electron chi connectivity index (χ3n) is 4.29. The van der Waals surface area contributed by atoms with Crippen molar-refractivity contribution in [3.8, 4) is 0 Å². The molecule has 0 saturated carbocycles. The summed E-state index contributed by atoms with van der Waals surface area (Å²) < 4.78 is 0. The Hall–Kier alpha value is -1.55. The molecule has 1 aromatic carbocycles. The van der Waals surface area contributed by atoms with Crippen molar-refractivity contribution in [3.63, 3.8) is 0 Å². The number of benzene rings is 1. The first kappa shape index (κ1) is 15.8. The van der Waals surface area contributed by atoms with Crippen LogP contribution in [0.25, 0.3) is 0 Å². The van der Waals surface area contributed by atoms with Gasteiger partial charge < -0.3 is 15.1 Å². The Kier molecular flexibility index (Phi) is 5.23. The molecule has 0 atom stereocenters. The molecule has 1 aromatic rings. The molecular weight excluding hydrogens is 262 g/mol. The van der Waals surface area contributed by atoms with Gasteiger partial charge in [0.2, 0.25) is 0 Å². The molecule has 0 spiro atoms. The van der Waals surface area contributed by atoms with Crippen LogP contribution >= 0.6 is 0 Å². The van der Waals surface area contributed by atoms with Gasteiger partial charge in [-0.15, -0.1) is 0 Å². The van der Waals surface area contributed by atoms with Crippen molar-refractivity contribution in [2.45, 2.75) is 32.7 Å². The minimum atomic E-state index is 0.0545. The highest BCUT2D eigenvalue weighted by Crippen LogP contribution is 2.22. The molecule has 2 rings (SSSR count). The summed E-state index contributed by atoms with van der Waals surface area (Å²) in [6.45, 7) is 7.76. The normalized spacial score (nSPS) is 16.8. The Balaban J connectivity index is 2.06. The van der Waals surface area contributed by atoms with E-state index in [0.717, 1.165) is 30.9 Å². The van der Waals surface area contributed by atoms with Crippen LogP contribution in [0, 0.1) is 6.92 Å². The Morgan fingerprint density at radius 2 is 2.00 bits per heavy atom. The maximum atomic E-state index is 12.1. The predicted octanol–water partition coefficient (Wildman–Crippen LogP) is 2.59. The highest BCUT2D eigenvalue weighted by atomic mass is 16.2. The number of piperidine rings is 1. The van der Waals surface area contributed by atoms with Crippen LogP contribution in [0.4, 0.5) is 5.69 Å². The van der Waals surface area contributed by atoms with Crippen LogP contribution in [0.15, 0.2) is 18.2 Å². The lowest BCUT2D eigenvalue weighted by Crippen LogP contribution is -2.39. The number of hydrogen-bond donors (Lipinski definition) is 1. The minimum absolute atomic E-state index is 0.0545. The van der Waals surface area contributed by atoms with Gasteiger partial charge in [0.05, 0.1) is 0 Å². The summed E-state index contributed by atoms with van der Waals surface area (Å²) in [5.74, 6) is 0.0545. The van der Waals surface area contributed by atoms with E-state index in [1.165, 1.54) is 18.4 Å². The van der Waals surface area contributed by atoms with Crippen LogP contribution in [-0.4, -0.2) is 55.5 Å². The van der Waals surface area contributed by atoms with Crippen molar-refractivity contribution in [1.82, 2.24) is 9.80 Å². The van der Waals surface area contributed by atoms with Gasteiger partial charge in [-0.3, -0.25) is 4.79 Å². The molecule has 4 nitrogen and oxygen atoms in total. The molecule has 0 bridgehead atoms. The number of nitrogens with one attached hydrogen (secondary N) is 1. The number of rotatable bonds is 4. The maximum Gasteiger partial charge on any atom is 0.253 e. The number of carbonyl (C=O) groups excluding carboxylic acids is 1. The van der Waals surface area contributed by atoms with E-state index in [1.807, 2.05) is 18.2 Å². The molecule has 0 radical (unpaired) electrons. The van der Waals surface area contributed by atoms with Gasteiger partial charge in [-0.2, -0.15) is 0 Å². The monoisotopic (exact) mass is 289 g/mol. The summed E-state index contributed by atoms with van der Waals surface area (Å²) in [4.78, 5) is 16.2. The van der Waals surface area contributed by atoms with Gasteiger partial charge in [0, 0.05) is 44.5 Å². The van der Waals surface area contributed by atoms with E-state index in [9.17, 15) is 4.79 Å². The number of nitrogens with zero attached hydrogens (tertiary/aromatic N) is 2. The van der Waals surface area contributed by atoms with Crippen LogP contribution < -0.4 is 5.32 Å². The van der Waals surface area contributed by atoms with Gasteiger partial charge in [-0.05, 0) is 44.0 Å². The number of amides is 1.